The van der Waals surface area contributed by atoms with Gasteiger partial charge in [-0.15, -0.1) is 0 Å². The molecule has 1 N–H and O–H groups in total. The zero-order valence-electron chi connectivity index (χ0n) is 14.3. The third-order valence-electron chi connectivity index (χ3n) is 3.01. The fourth-order valence-electron chi connectivity index (χ4n) is 1.80. The molecule has 2 aromatic rings. The highest BCUT2D eigenvalue weighted by molar-refractivity contribution is 5.57. The lowest BCUT2D eigenvalue weighted by atomic mass is 10.1. The van der Waals surface area contributed by atoms with Gasteiger partial charge < -0.3 is 14.6 Å². The SMILES string of the molecule is CC(C)CCNC=O.CCOc1nc(-c2cccnc2)cn1C. The van der Waals surface area contributed by atoms with Crippen molar-refractivity contribution in [1.29, 1.82) is 0 Å². The number of carbonyl (C=O) groups is 1. The molecule has 0 aliphatic heterocycles. The van der Waals surface area contributed by atoms with Crippen molar-refractivity contribution in [2.45, 2.75) is 27.2 Å². The highest BCUT2D eigenvalue weighted by atomic mass is 16.5. The molecule has 0 aliphatic rings. The monoisotopic (exact) mass is 318 g/mol. The van der Waals surface area contributed by atoms with Crippen molar-refractivity contribution in [2.75, 3.05) is 13.2 Å². The summed E-state index contributed by atoms with van der Waals surface area (Å²) in [5.74, 6) is 0.683. The first-order chi connectivity index (χ1) is 11.1. The van der Waals surface area contributed by atoms with E-state index in [-0.39, 0.29) is 0 Å². The molecule has 0 radical (unpaired) electrons. The van der Waals surface area contributed by atoms with Crippen LogP contribution in [0.3, 0.4) is 0 Å². The van der Waals surface area contributed by atoms with E-state index < -0.39 is 0 Å². The van der Waals surface area contributed by atoms with E-state index in [0.29, 0.717) is 18.5 Å². The minimum Gasteiger partial charge on any atom is -0.465 e. The topological polar surface area (TPSA) is 69.0 Å². The summed E-state index contributed by atoms with van der Waals surface area (Å²) >= 11 is 0. The Morgan fingerprint density at radius 3 is 2.78 bits per heavy atom. The van der Waals surface area contributed by atoms with Crippen LogP contribution in [0.25, 0.3) is 11.3 Å². The van der Waals surface area contributed by atoms with Crippen LogP contribution in [0.2, 0.25) is 0 Å². The van der Waals surface area contributed by atoms with Crippen molar-refractivity contribution in [3.63, 3.8) is 0 Å². The number of aryl methyl sites for hydroxylation is 1. The molecule has 23 heavy (non-hydrogen) atoms. The van der Waals surface area contributed by atoms with Gasteiger partial charge in [-0.05, 0) is 31.4 Å². The molecule has 126 valence electrons. The van der Waals surface area contributed by atoms with E-state index in [2.05, 4.69) is 29.1 Å². The van der Waals surface area contributed by atoms with Gasteiger partial charge in [0, 0.05) is 37.7 Å². The Labute approximate surface area is 137 Å². The molecule has 0 aromatic carbocycles. The van der Waals surface area contributed by atoms with Crippen LogP contribution in [0.4, 0.5) is 0 Å². The molecule has 6 heteroatoms. The summed E-state index contributed by atoms with van der Waals surface area (Å²) in [5, 5.41) is 2.60. The van der Waals surface area contributed by atoms with Crippen molar-refractivity contribution in [2.24, 2.45) is 13.0 Å². The molecule has 1 amide bonds. The van der Waals surface area contributed by atoms with Gasteiger partial charge in [0.05, 0.1) is 12.3 Å². The number of aromatic nitrogens is 3. The third kappa shape index (κ3) is 6.95. The quantitative estimate of drug-likeness (QED) is 0.629. The number of carbonyl (C=O) groups excluding carboxylic acids is 1. The van der Waals surface area contributed by atoms with Crippen molar-refractivity contribution >= 4 is 6.41 Å². The number of nitrogens with zero attached hydrogens (tertiary/aromatic N) is 3. The first-order valence-electron chi connectivity index (χ1n) is 7.82. The molecule has 0 aliphatic carbocycles. The van der Waals surface area contributed by atoms with E-state index >= 15 is 0 Å². The molecule has 2 aromatic heterocycles. The van der Waals surface area contributed by atoms with E-state index in [9.17, 15) is 4.79 Å². The minimum atomic E-state index is 0.622. The number of hydrogen-bond donors (Lipinski definition) is 1. The van der Waals surface area contributed by atoms with E-state index in [4.69, 9.17) is 4.74 Å². The van der Waals surface area contributed by atoms with Gasteiger partial charge in [-0.3, -0.25) is 9.78 Å². The zero-order chi connectivity index (χ0) is 17.1. The van der Waals surface area contributed by atoms with Gasteiger partial charge >= 0.3 is 0 Å². The van der Waals surface area contributed by atoms with Gasteiger partial charge in [0.25, 0.3) is 6.01 Å². The molecule has 0 atom stereocenters. The number of amides is 1. The Hall–Kier alpha value is -2.37. The zero-order valence-corrected chi connectivity index (χ0v) is 14.3. The minimum absolute atomic E-state index is 0.622. The van der Waals surface area contributed by atoms with Gasteiger partial charge in [0.15, 0.2) is 0 Å². The van der Waals surface area contributed by atoms with Gasteiger partial charge in [0.2, 0.25) is 6.41 Å². The van der Waals surface area contributed by atoms with Crippen LogP contribution in [-0.4, -0.2) is 34.1 Å². The Balaban J connectivity index is 0.000000284. The summed E-state index contributed by atoms with van der Waals surface area (Å²) < 4.78 is 7.24. The van der Waals surface area contributed by atoms with Crippen LogP contribution in [0, 0.1) is 5.92 Å². The molecule has 2 rings (SSSR count). The van der Waals surface area contributed by atoms with Gasteiger partial charge in [-0.2, -0.15) is 4.98 Å². The molecule has 0 fully saturated rings. The Bertz CT molecular complexity index is 567. The van der Waals surface area contributed by atoms with Crippen molar-refractivity contribution in [1.82, 2.24) is 19.9 Å². The maximum absolute atomic E-state index is 9.68. The van der Waals surface area contributed by atoms with Gasteiger partial charge in [-0.25, -0.2) is 0 Å². The molecule has 0 saturated carbocycles. The number of nitrogens with one attached hydrogen (secondary N) is 1. The second-order valence-corrected chi connectivity index (χ2v) is 5.45. The number of rotatable bonds is 7. The van der Waals surface area contributed by atoms with E-state index in [1.165, 1.54) is 0 Å². The summed E-state index contributed by atoms with van der Waals surface area (Å²) in [7, 11) is 1.91. The summed E-state index contributed by atoms with van der Waals surface area (Å²) in [6, 6.07) is 4.51. The van der Waals surface area contributed by atoms with Crippen LogP contribution < -0.4 is 10.1 Å². The predicted molar refractivity (Wildman–Crippen MR) is 91.1 cm³/mol. The highest BCUT2D eigenvalue weighted by Crippen LogP contribution is 2.20. The average Bonchev–Trinajstić information content (AvgIpc) is 2.90. The average molecular weight is 318 g/mol. The lowest BCUT2D eigenvalue weighted by molar-refractivity contribution is -0.109. The molecule has 0 bridgehead atoms. The van der Waals surface area contributed by atoms with Crippen LogP contribution in [0.5, 0.6) is 6.01 Å². The predicted octanol–water partition coefficient (Wildman–Crippen LogP) is 2.66. The molecular formula is C17H26N4O2. The molecule has 6 nitrogen and oxygen atoms in total. The fraction of sp³-hybridized carbons (Fsp3) is 0.471. The molecular weight excluding hydrogens is 292 g/mol. The van der Waals surface area contributed by atoms with Crippen molar-refractivity contribution < 1.29 is 9.53 Å². The van der Waals surface area contributed by atoms with Crippen molar-refractivity contribution in [3.8, 4) is 17.3 Å². The fourth-order valence-corrected chi connectivity index (χ4v) is 1.80. The maximum atomic E-state index is 9.68. The summed E-state index contributed by atoms with van der Waals surface area (Å²) in [4.78, 5) is 18.1. The summed E-state index contributed by atoms with van der Waals surface area (Å²) in [6.07, 6.45) is 7.27. The van der Waals surface area contributed by atoms with Gasteiger partial charge in [0.1, 0.15) is 0 Å². The van der Waals surface area contributed by atoms with Crippen LogP contribution >= 0.6 is 0 Å². The molecule has 2 heterocycles. The lowest BCUT2D eigenvalue weighted by Gasteiger charge is -2.00. The van der Waals surface area contributed by atoms with Crippen molar-refractivity contribution in [3.05, 3.63) is 30.7 Å². The number of hydrogen-bond acceptors (Lipinski definition) is 4. The summed E-state index contributed by atoms with van der Waals surface area (Å²) in [5.41, 5.74) is 1.88. The lowest BCUT2D eigenvalue weighted by Crippen LogP contribution is -2.13. The second kappa shape index (κ2) is 10.4. The number of imidazole rings is 1. The van der Waals surface area contributed by atoms with Crippen LogP contribution in [0.15, 0.2) is 30.7 Å². The van der Waals surface area contributed by atoms with Crippen LogP contribution in [0.1, 0.15) is 27.2 Å². The molecule has 0 unspecified atom stereocenters. The number of pyridine rings is 1. The third-order valence-corrected chi connectivity index (χ3v) is 3.01. The first-order valence-corrected chi connectivity index (χ1v) is 7.82. The first kappa shape index (κ1) is 18.7. The highest BCUT2D eigenvalue weighted by Gasteiger charge is 2.07. The largest absolute Gasteiger partial charge is 0.465 e. The Morgan fingerprint density at radius 2 is 2.22 bits per heavy atom. The smallest absolute Gasteiger partial charge is 0.296 e. The molecule has 0 saturated heterocycles. The Morgan fingerprint density at radius 1 is 1.43 bits per heavy atom. The van der Waals surface area contributed by atoms with E-state index in [1.807, 2.05) is 36.9 Å². The summed E-state index contributed by atoms with van der Waals surface area (Å²) in [6.45, 7) is 7.63. The van der Waals surface area contributed by atoms with E-state index in [0.717, 1.165) is 30.6 Å². The standard InChI is InChI=1S/C11H13N3O.C6H13NO/c1-3-15-11-13-10(8-14(11)2)9-5-4-6-12-7-9;1-6(2)3-4-7-5-8/h4-8H,3H2,1-2H3;5-6H,3-4H2,1-2H3,(H,7,8). The van der Waals surface area contributed by atoms with Gasteiger partial charge in [-0.1, -0.05) is 13.8 Å². The molecule has 0 spiro atoms. The second-order valence-electron chi connectivity index (χ2n) is 5.45. The number of ether oxygens (including phenoxy) is 1. The van der Waals surface area contributed by atoms with Crippen LogP contribution in [-0.2, 0) is 11.8 Å². The normalized spacial score (nSPS) is 9.96. The Kier molecular flexibility index (Phi) is 8.42. The maximum Gasteiger partial charge on any atom is 0.296 e. The van der Waals surface area contributed by atoms with E-state index in [1.54, 1.807) is 12.4 Å².